The number of halogens is 1. The maximum Gasteiger partial charge on any atom is 0.272 e. The molecule has 98 valence electrons. The van der Waals surface area contributed by atoms with Crippen LogP contribution in [0, 0.1) is 6.92 Å². The first-order valence-electron chi connectivity index (χ1n) is 5.83. The van der Waals surface area contributed by atoms with Gasteiger partial charge in [-0.2, -0.15) is 5.10 Å². The predicted molar refractivity (Wildman–Crippen MR) is 75.8 cm³/mol. The van der Waals surface area contributed by atoms with E-state index < -0.39 is 0 Å². The molecule has 1 aromatic heterocycles. The van der Waals surface area contributed by atoms with Gasteiger partial charge in [0.15, 0.2) is 5.69 Å². The molecule has 0 atom stereocenters. The fourth-order valence-electron chi connectivity index (χ4n) is 1.71. The third-order valence-corrected chi connectivity index (χ3v) is 2.81. The predicted octanol–water partition coefficient (Wildman–Crippen LogP) is 2.75. The summed E-state index contributed by atoms with van der Waals surface area (Å²) in [5.74, 6) is -0.219. The maximum absolute atomic E-state index is 11.8. The molecule has 2 aromatic rings. The summed E-state index contributed by atoms with van der Waals surface area (Å²) in [6.45, 7) is 5.86. The van der Waals surface area contributed by atoms with Gasteiger partial charge in [-0.1, -0.05) is 23.7 Å². The van der Waals surface area contributed by atoms with Crippen LogP contribution < -0.4 is 5.32 Å². The van der Waals surface area contributed by atoms with E-state index in [1.54, 1.807) is 29.0 Å². The van der Waals surface area contributed by atoms with Crippen molar-refractivity contribution in [1.29, 1.82) is 0 Å². The Labute approximate surface area is 116 Å². The molecule has 0 saturated heterocycles. The zero-order chi connectivity index (χ0) is 13.8. The number of nitrogens with zero attached hydrogens (tertiary/aromatic N) is 2. The second-order valence-corrected chi connectivity index (χ2v) is 4.50. The summed E-state index contributed by atoms with van der Waals surface area (Å²) >= 11 is 5.95. The van der Waals surface area contributed by atoms with Gasteiger partial charge in [-0.15, -0.1) is 6.58 Å². The summed E-state index contributed by atoms with van der Waals surface area (Å²) in [6.07, 6.45) is 1.62. The molecule has 1 aromatic carbocycles. The molecule has 2 rings (SSSR count). The highest BCUT2D eigenvalue weighted by Gasteiger charge is 2.12. The number of nitrogens with one attached hydrogen (secondary N) is 1. The number of aromatic nitrogens is 2. The minimum absolute atomic E-state index is 0.219. The van der Waals surface area contributed by atoms with E-state index in [0.29, 0.717) is 17.3 Å². The molecular formula is C14H14ClN3O. The van der Waals surface area contributed by atoms with Gasteiger partial charge in [-0.25, -0.2) is 4.68 Å². The molecule has 1 amide bonds. The van der Waals surface area contributed by atoms with E-state index in [0.717, 1.165) is 11.4 Å². The van der Waals surface area contributed by atoms with Crippen molar-refractivity contribution >= 4 is 17.5 Å². The zero-order valence-corrected chi connectivity index (χ0v) is 11.3. The molecule has 0 radical (unpaired) electrons. The molecule has 0 saturated carbocycles. The van der Waals surface area contributed by atoms with Crippen LogP contribution in [-0.4, -0.2) is 22.2 Å². The van der Waals surface area contributed by atoms with E-state index in [1.807, 2.05) is 19.1 Å². The second kappa shape index (κ2) is 5.71. The minimum Gasteiger partial charge on any atom is -0.347 e. The summed E-state index contributed by atoms with van der Waals surface area (Å²) in [6, 6.07) is 9.06. The summed E-state index contributed by atoms with van der Waals surface area (Å²) in [5.41, 5.74) is 2.07. The largest absolute Gasteiger partial charge is 0.347 e. The van der Waals surface area contributed by atoms with E-state index in [4.69, 9.17) is 11.6 Å². The van der Waals surface area contributed by atoms with E-state index >= 15 is 0 Å². The Bertz CT molecular complexity index is 619. The van der Waals surface area contributed by atoms with E-state index in [1.165, 1.54) is 0 Å². The van der Waals surface area contributed by atoms with E-state index in [2.05, 4.69) is 17.0 Å². The highest BCUT2D eigenvalue weighted by atomic mass is 35.5. The van der Waals surface area contributed by atoms with Crippen LogP contribution in [0.1, 0.15) is 16.2 Å². The fraction of sp³-hybridized carbons (Fsp3) is 0.143. The maximum atomic E-state index is 11.8. The quantitative estimate of drug-likeness (QED) is 0.872. The van der Waals surface area contributed by atoms with Crippen molar-refractivity contribution in [3.63, 3.8) is 0 Å². The highest BCUT2D eigenvalue weighted by Crippen LogP contribution is 2.16. The first-order valence-corrected chi connectivity index (χ1v) is 6.21. The lowest BCUT2D eigenvalue weighted by molar-refractivity contribution is 0.0952. The molecule has 1 heterocycles. The number of hydrogen-bond donors (Lipinski definition) is 1. The molecule has 4 nitrogen and oxygen atoms in total. The molecule has 5 heteroatoms. The van der Waals surface area contributed by atoms with Gasteiger partial charge < -0.3 is 5.32 Å². The van der Waals surface area contributed by atoms with Crippen LogP contribution in [-0.2, 0) is 0 Å². The van der Waals surface area contributed by atoms with Crippen LogP contribution in [0.15, 0.2) is 43.0 Å². The summed E-state index contributed by atoms with van der Waals surface area (Å²) in [7, 11) is 0. The topological polar surface area (TPSA) is 46.9 Å². The Morgan fingerprint density at radius 2 is 2.32 bits per heavy atom. The van der Waals surface area contributed by atoms with Crippen molar-refractivity contribution in [1.82, 2.24) is 15.1 Å². The van der Waals surface area contributed by atoms with Crippen LogP contribution in [0.5, 0.6) is 0 Å². The van der Waals surface area contributed by atoms with Crippen LogP contribution in [0.3, 0.4) is 0 Å². The zero-order valence-electron chi connectivity index (χ0n) is 10.6. The average Bonchev–Trinajstić information content (AvgIpc) is 2.78. The second-order valence-electron chi connectivity index (χ2n) is 4.06. The molecule has 0 aliphatic carbocycles. The summed E-state index contributed by atoms with van der Waals surface area (Å²) in [5, 5.41) is 7.61. The first kappa shape index (κ1) is 13.4. The highest BCUT2D eigenvalue weighted by molar-refractivity contribution is 6.30. The van der Waals surface area contributed by atoms with Crippen molar-refractivity contribution < 1.29 is 4.79 Å². The minimum atomic E-state index is -0.219. The van der Waals surface area contributed by atoms with Crippen molar-refractivity contribution in [2.45, 2.75) is 6.92 Å². The van der Waals surface area contributed by atoms with Gasteiger partial charge in [0, 0.05) is 17.3 Å². The molecule has 0 unspecified atom stereocenters. The molecule has 0 aliphatic rings. The van der Waals surface area contributed by atoms with Gasteiger partial charge >= 0.3 is 0 Å². The van der Waals surface area contributed by atoms with Gasteiger partial charge in [-0.3, -0.25) is 4.79 Å². The first-order chi connectivity index (χ1) is 9.11. The summed E-state index contributed by atoms with van der Waals surface area (Å²) < 4.78 is 1.69. The third kappa shape index (κ3) is 3.03. The number of carbonyl (C=O) groups is 1. The van der Waals surface area contributed by atoms with Gasteiger partial charge in [-0.05, 0) is 31.2 Å². The van der Waals surface area contributed by atoms with Crippen molar-refractivity contribution in [3.8, 4) is 5.69 Å². The standard InChI is InChI=1S/C14H14ClN3O/c1-3-7-16-14(19)13-8-10(2)18(17-13)12-6-4-5-11(15)9-12/h3-6,8-9H,1,7H2,2H3,(H,16,19). The Morgan fingerprint density at radius 3 is 3.00 bits per heavy atom. The lowest BCUT2D eigenvalue weighted by atomic mass is 10.3. The van der Waals surface area contributed by atoms with E-state index in [9.17, 15) is 4.79 Å². The number of amides is 1. The third-order valence-electron chi connectivity index (χ3n) is 2.58. The summed E-state index contributed by atoms with van der Waals surface area (Å²) in [4.78, 5) is 11.8. The molecule has 19 heavy (non-hydrogen) atoms. The molecular weight excluding hydrogens is 262 g/mol. The SMILES string of the molecule is C=CCNC(=O)c1cc(C)n(-c2cccc(Cl)c2)n1. The lowest BCUT2D eigenvalue weighted by Crippen LogP contribution is -2.23. The van der Waals surface area contributed by atoms with Gasteiger partial charge in [0.2, 0.25) is 0 Å². The van der Waals surface area contributed by atoms with Crippen molar-refractivity contribution in [2.75, 3.05) is 6.54 Å². The van der Waals surface area contributed by atoms with Crippen LogP contribution in [0.25, 0.3) is 5.69 Å². The normalized spacial score (nSPS) is 10.2. The number of rotatable bonds is 4. The van der Waals surface area contributed by atoms with Gasteiger partial charge in [0.1, 0.15) is 0 Å². The molecule has 0 bridgehead atoms. The molecule has 0 spiro atoms. The van der Waals surface area contributed by atoms with Crippen molar-refractivity contribution in [2.24, 2.45) is 0 Å². The number of benzene rings is 1. The molecule has 0 fully saturated rings. The smallest absolute Gasteiger partial charge is 0.272 e. The Kier molecular flexibility index (Phi) is 4.02. The van der Waals surface area contributed by atoms with Crippen LogP contribution in [0.2, 0.25) is 5.02 Å². The molecule has 1 N–H and O–H groups in total. The lowest BCUT2D eigenvalue weighted by Gasteiger charge is -2.04. The van der Waals surface area contributed by atoms with Crippen LogP contribution in [0.4, 0.5) is 0 Å². The average molecular weight is 276 g/mol. The van der Waals surface area contributed by atoms with Gasteiger partial charge in [0.25, 0.3) is 5.91 Å². The monoisotopic (exact) mass is 275 g/mol. The number of aryl methyl sites for hydroxylation is 1. The molecule has 0 aliphatic heterocycles. The Hall–Kier alpha value is -2.07. The number of carbonyl (C=O) groups excluding carboxylic acids is 1. The Balaban J connectivity index is 2.31. The van der Waals surface area contributed by atoms with Gasteiger partial charge in [0.05, 0.1) is 5.69 Å². The number of hydrogen-bond acceptors (Lipinski definition) is 2. The Morgan fingerprint density at radius 1 is 1.53 bits per heavy atom. The van der Waals surface area contributed by atoms with Crippen molar-refractivity contribution in [3.05, 3.63) is 59.4 Å². The van der Waals surface area contributed by atoms with E-state index in [-0.39, 0.29) is 5.91 Å². The fourth-order valence-corrected chi connectivity index (χ4v) is 1.89. The van der Waals surface area contributed by atoms with Crippen LogP contribution >= 0.6 is 11.6 Å².